The fourth-order valence-electron chi connectivity index (χ4n) is 3.15. The molecule has 3 heteroatoms. The predicted molar refractivity (Wildman–Crippen MR) is 58.7 cm³/mol. The molecule has 2 saturated carbocycles. The summed E-state index contributed by atoms with van der Waals surface area (Å²) in [6.45, 7) is 0. The van der Waals surface area contributed by atoms with Gasteiger partial charge in [-0.25, -0.2) is 0 Å². The molecule has 0 amide bonds. The van der Waals surface area contributed by atoms with Gasteiger partial charge in [0.15, 0.2) is 0 Å². The second-order valence-corrected chi connectivity index (χ2v) is 6.32. The molecule has 1 aromatic rings. The largest absolute Gasteiger partial charge is 0.384 e. The third kappa shape index (κ3) is 1.17. The van der Waals surface area contributed by atoms with Gasteiger partial charge in [0.1, 0.15) is 5.60 Å². The molecule has 14 heavy (non-hydrogen) atoms. The van der Waals surface area contributed by atoms with E-state index in [0.29, 0.717) is 5.92 Å². The Morgan fingerprint density at radius 3 is 2.79 bits per heavy atom. The first-order valence-corrected chi connectivity index (χ1v) is 6.36. The standard InChI is InChI=1S/C11H13ClOS/c12-10-4-3-9(14-10)11(13)6-7-1-2-8(11)5-7/h3-4,7-8,13H,1-2,5-6H2. The van der Waals surface area contributed by atoms with Gasteiger partial charge in [0.25, 0.3) is 0 Å². The molecule has 3 rings (SSSR count). The van der Waals surface area contributed by atoms with E-state index in [-0.39, 0.29) is 0 Å². The van der Waals surface area contributed by atoms with Crippen LogP contribution in [0.2, 0.25) is 4.34 Å². The third-order valence-corrected chi connectivity index (χ3v) is 5.21. The first-order chi connectivity index (χ1) is 6.68. The molecule has 0 radical (unpaired) electrons. The second kappa shape index (κ2) is 2.97. The molecule has 0 spiro atoms. The summed E-state index contributed by atoms with van der Waals surface area (Å²) in [7, 11) is 0. The molecule has 76 valence electrons. The van der Waals surface area contributed by atoms with Gasteiger partial charge in [-0.2, -0.15) is 0 Å². The van der Waals surface area contributed by atoms with Gasteiger partial charge in [-0.15, -0.1) is 11.3 Å². The summed E-state index contributed by atoms with van der Waals surface area (Å²) in [4.78, 5) is 1.08. The molecule has 2 fully saturated rings. The van der Waals surface area contributed by atoms with Crippen molar-refractivity contribution >= 4 is 22.9 Å². The van der Waals surface area contributed by atoms with Crippen LogP contribution in [0, 0.1) is 11.8 Å². The minimum absolute atomic E-state index is 0.488. The van der Waals surface area contributed by atoms with Gasteiger partial charge in [0.2, 0.25) is 0 Å². The average Bonchev–Trinajstić information content (AvgIpc) is 2.78. The first kappa shape index (κ1) is 9.20. The summed E-state index contributed by atoms with van der Waals surface area (Å²) in [5, 5.41) is 10.6. The van der Waals surface area contributed by atoms with Crippen LogP contribution in [0.5, 0.6) is 0 Å². The van der Waals surface area contributed by atoms with Gasteiger partial charge < -0.3 is 5.11 Å². The molecular formula is C11H13ClOS. The van der Waals surface area contributed by atoms with Crippen LogP contribution < -0.4 is 0 Å². The number of aliphatic hydroxyl groups is 1. The number of halogens is 1. The lowest BCUT2D eigenvalue weighted by molar-refractivity contribution is -0.0148. The molecule has 2 aliphatic carbocycles. The molecule has 1 heterocycles. The Balaban J connectivity index is 1.97. The van der Waals surface area contributed by atoms with Crippen LogP contribution in [0.3, 0.4) is 0 Å². The SMILES string of the molecule is OC1(c2ccc(Cl)s2)CC2CCC1C2. The molecular weight excluding hydrogens is 216 g/mol. The highest BCUT2D eigenvalue weighted by atomic mass is 35.5. The Labute approximate surface area is 92.7 Å². The zero-order valence-corrected chi connectivity index (χ0v) is 9.44. The van der Waals surface area contributed by atoms with E-state index in [0.717, 1.165) is 21.6 Å². The summed E-state index contributed by atoms with van der Waals surface area (Å²) in [5.41, 5.74) is -0.541. The molecule has 0 aromatic carbocycles. The van der Waals surface area contributed by atoms with Crippen molar-refractivity contribution in [1.82, 2.24) is 0 Å². The van der Waals surface area contributed by atoms with Crippen LogP contribution in [-0.2, 0) is 5.60 Å². The highest BCUT2D eigenvalue weighted by Crippen LogP contribution is 2.56. The minimum atomic E-state index is -0.541. The van der Waals surface area contributed by atoms with Gasteiger partial charge in [0, 0.05) is 4.88 Å². The zero-order valence-electron chi connectivity index (χ0n) is 7.87. The van der Waals surface area contributed by atoms with Gasteiger partial charge >= 0.3 is 0 Å². The van der Waals surface area contributed by atoms with Crippen molar-refractivity contribution in [1.29, 1.82) is 0 Å². The van der Waals surface area contributed by atoms with Crippen molar-refractivity contribution in [2.24, 2.45) is 11.8 Å². The summed E-state index contributed by atoms with van der Waals surface area (Å²) in [6.07, 6.45) is 4.67. The van der Waals surface area contributed by atoms with E-state index in [1.807, 2.05) is 12.1 Å². The number of hydrogen-bond donors (Lipinski definition) is 1. The number of hydrogen-bond acceptors (Lipinski definition) is 2. The van der Waals surface area contributed by atoms with E-state index in [1.165, 1.54) is 30.6 Å². The monoisotopic (exact) mass is 228 g/mol. The molecule has 1 aromatic heterocycles. The Morgan fingerprint density at radius 2 is 2.29 bits per heavy atom. The zero-order chi connectivity index (χ0) is 9.76. The van der Waals surface area contributed by atoms with Gasteiger partial charge in [-0.3, -0.25) is 0 Å². The van der Waals surface area contributed by atoms with Crippen LogP contribution in [0.25, 0.3) is 0 Å². The minimum Gasteiger partial charge on any atom is -0.384 e. The van der Waals surface area contributed by atoms with Crippen molar-refractivity contribution in [3.63, 3.8) is 0 Å². The number of fused-ring (bicyclic) bond motifs is 2. The Bertz CT molecular complexity index is 362. The molecule has 0 saturated heterocycles. The molecule has 1 N–H and O–H groups in total. The lowest BCUT2D eigenvalue weighted by Gasteiger charge is -2.31. The van der Waals surface area contributed by atoms with Gasteiger partial charge in [0.05, 0.1) is 4.34 Å². The van der Waals surface area contributed by atoms with Crippen LogP contribution in [0.15, 0.2) is 12.1 Å². The van der Waals surface area contributed by atoms with E-state index < -0.39 is 5.60 Å². The summed E-state index contributed by atoms with van der Waals surface area (Å²) < 4.78 is 0.788. The Morgan fingerprint density at radius 1 is 1.43 bits per heavy atom. The predicted octanol–water partition coefficient (Wildman–Crippen LogP) is 3.41. The van der Waals surface area contributed by atoms with E-state index in [1.54, 1.807) is 0 Å². The Kier molecular flexibility index (Phi) is 1.95. The van der Waals surface area contributed by atoms with E-state index >= 15 is 0 Å². The number of thiophene rings is 1. The van der Waals surface area contributed by atoms with E-state index in [9.17, 15) is 5.11 Å². The molecule has 0 aliphatic heterocycles. The fourth-order valence-corrected chi connectivity index (χ4v) is 4.37. The van der Waals surface area contributed by atoms with E-state index in [2.05, 4.69) is 0 Å². The molecule has 2 aliphatic rings. The van der Waals surface area contributed by atoms with Crippen molar-refractivity contribution in [2.75, 3.05) is 0 Å². The van der Waals surface area contributed by atoms with Crippen molar-refractivity contribution < 1.29 is 5.11 Å². The van der Waals surface area contributed by atoms with Crippen molar-refractivity contribution in [2.45, 2.75) is 31.3 Å². The molecule has 2 bridgehead atoms. The lowest BCUT2D eigenvalue weighted by atomic mass is 9.83. The lowest BCUT2D eigenvalue weighted by Crippen LogP contribution is -2.30. The molecule has 3 unspecified atom stereocenters. The highest BCUT2D eigenvalue weighted by Gasteiger charge is 2.51. The smallest absolute Gasteiger partial charge is 0.102 e. The van der Waals surface area contributed by atoms with Crippen LogP contribution in [0.1, 0.15) is 30.6 Å². The Hall–Kier alpha value is -0.0500. The highest BCUT2D eigenvalue weighted by molar-refractivity contribution is 7.16. The molecule has 3 atom stereocenters. The van der Waals surface area contributed by atoms with Crippen molar-refractivity contribution in [3.05, 3.63) is 21.3 Å². The normalized spacial score (nSPS) is 40.7. The third-order valence-electron chi connectivity index (χ3n) is 3.82. The quantitative estimate of drug-likeness (QED) is 0.781. The first-order valence-electron chi connectivity index (χ1n) is 5.16. The van der Waals surface area contributed by atoms with E-state index in [4.69, 9.17) is 11.6 Å². The van der Waals surface area contributed by atoms with Crippen LogP contribution in [-0.4, -0.2) is 5.11 Å². The fraction of sp³-hybridized carbons (Fsp3) is 0.636. The van der Waals surface area contributed by atoms with Crippen molar-refractivity contribution in [3.8, 4) is 0 Å². The van der Waals surface area contributed by atoms with Gasteiger partial charge in [-0.1, -0.05) is 11.6 Å². The average molecular weight is 229 g/mol. The maximum Gasteiger partial charge on any atom is 0.102 e. The topological polar surface area (TPSA) is 20.2 Å². The maximum absolute atomic E-state index is 10.6. The van der Waals surface area contributed by atoms with Crippen LogP contribution >= 0.6 is 22.9 Å². The second-order valence-electron chi connectivity index (χ2n) is 4.61. The summed E-state index contributed by atoms with van der Waals surface area (Å²) >= 11 is 7.45. The summed E-state index contributed by atoms with van der Waals surface area (Å²) in [6, 6.07) is 3.89. The molecule has 1 nitrogen and oxygen atoms in total. The summed E-state index contributed by atoms with van der Waals surface area (Å²) in [5.74, 6) is 1.24. The number of rotatable bonds is 1. The van der Waals surface area contributed by atoms with Gasteiger partial charge in [-0.05, 0) is 49.7 Å². The maximum atomic E-state index is 10.6. The van der Waals surface area contributed by atoms with Crippen LogP contribution in [0.4, 0.5) is 0 Å².